The van der Waals surface area contributed by atoms with Crippen molar-refractivity contribution in [3.63, 3.8) is 0 Å². The normalized spacial score (nSPS) is 21.1. The van der Waals surface area contributed by atoms with Gasteiger partial charge in [0.25, 0.3) is 0 Å². The van der Waals surface area contributed by atoms with E-state index in [9.17, 15) is 9.18 Å². The van der Waals surface area contributed by atoms with Gasteiger partial charge in [0.2, 0.25) is 0 Å². The van der Waals surface area contributed by atoms with Crippen molar-refractivity contribution >= 4 is 35.9 Å². The first kappa shape index (κ1) is 22.6. The van der Waals surface area contributed by atoms with Crippen LogP contribution in [0.25, 0.3) is 0 Å². The lowest BCUT2D eigenvalue weighted by Gasteiger charge is -2.24. The van der Waals surface area contributed by atoms with Crippen LogP contribution in [-0.4, -0.2) is 57.7 Å². The molecule has 0 saturated carbocycles. The Hall–Kier alpha value is -1.42. The van der Waals surface area contributed by atoms with Crippen LogP contribution < -0.4 is 5.32 Å². The first-order valence-corrected chi connectivity index (χ1v) is 8.31. The maximum absolute atomic E-state index is 13.1. The molecule has 26 heavy (non-hydrogen) atoms. The molecule has 1 aliphatic heterocycles. The fourth-order valence-corrected chi connectivity index (χ4v) is 3.13. The van der Waals surface area contributed by atoms with Crippen molar-refractivity contribution < 1.29 is 18.7 Å². The summed E-state index contributed by atoms with van der Waals surface area (Å²) in [5.74, 6) is 0.288. The van der Waals surface area contributed by atoms with Crippen molar-refractivity contribution in [2.75, 3.05) is 40.9 Å². The summed E-state index contributed by atoms with van der Waals surface area (Å²) in [5, 5.41) is 3.28. The number of benzene rings is 1. The number of nitrogens with zero attached hydrogens (tertiary/aromatic N) is 2. The lowest BCUT2D eigenvalue weighted by Crippen LogP contribution is -2.42. The summed E-state index contributed by atoms with van der Waals surface area (Å²) < 4.78 is 23.4. The third-order valence-corrected chi connectivity index (χ3v) is 4.60. The summed E-state index contributed by atoms with van der Waals surface area (Å²) in [5.41, 5.74) is 0.883. The Morgan fingerprint density at radius 1 is 1.35 bits per heavy atom. The van der Waals surface area contributed by atoms with Crippen molar-refractivity contribution in [3.8, 4) is 0 Å². The van der Waals surface area contributed by atoms with E-state index in [2.05, 4.69) is 10.3 Å². The Morgan fingerprint density at radius 2 is 2.00 bits per heavy atom. The SMILES string of the molecule is CN=C(NCC(OC)c1ccc(F)cc1)N1CC(C)C(C(=O)OC)C1.I. The average Bonchev–Trinajstić information content (AvgIpc) is 3.01. The quantitative estimate of drug-likeness (QED) is 0.304. The van der Waals surface area contributed by atoms with Crippen LogP contribution in [0.15, 0.2) is 29.3 Å². The summed E-state index contributed by atoms with van der Waals surface area (Å²) in [6, 6.07) is 6.25. The van der Waals surface area contributed by atoms with Crippen LogP contribution in [0, 0.1) is 17.7 Å². The predicted octanol–water partition coefficient (Wildman–Crippen LogP) is 2.45. The van der Waals surface area contributed by atoms with Crippen LogP contribution in [0.3, 0.4) is 0 Å². The Labute approximate surface area is 171 Å². The molecule has 2 rings (SSSR count). The van der Waals surface area contributed by atoms with Gasteiger partial charge in [-0.25, -0.2) is 4.39 Å². The average molecular weight is 479 g/mol. The standard InChI is InChI=1S/C18H26FN3O3.HI/c1-12-10-22(11-15(12)17(23)25-4)18(20-2)21-9-16(24-3)13-5-7-14(19)8-6-13;/h5-8,12,15-16H,9-11H2,1-4H3,(H,20,21);1H. The lowest BCUT2D eigenvalue weighted by atomic mass is 9.99. The van der Waals surface area contributed by atoms with Gasteiger partial charge in [-0.15, -0.1) is 24.0 Å². The lowest BCUT2D eigenvalue weighted by molar-refractivity contribution is -0.145. The molecule has 0 amide bonds. The molecule has 1 aliphatic rings. The molecule has 8 heteroatoms. The Kier molecular flexibility index (Phi) is 9.28. The molecule has 1 saturated heterocycles. The zero-order valence-electron chi connectivity index (χ0n) is 15.6. The van der Waals surface area contributed by atoms with Crippen molar-refractivity contribution in [3.05, 3.63) is 35.6 Å². The molecule has 1 heterocycles. The molecule has 0 radical (unpaired) electrons. The topological polar surface area (TPSA) is 63.2 Å². The number of hydrogen-bond donors (Lipinski definition) is 1. The third kappa shape index (κ3) is 5.54. The van der Waals surface area contributed by atoms with Gasteiger partial charge in [0.05, 0.1) is 19.1 Å². The molecule has 1 aromatic carbocycles. The molecule has 1 aromatic rings. The van der Waals surface area contributed by atoms with Gasteiger partial charge in [0.1, 0.15) is 5.82 Å². The highest BCUT2D eigenvalue weighted by atomic mass is 127. The fourth-order valence-electron chi connectivity index (χ4n) is 3.13. The van der Waals surface area contributed by atoms with E-state index in [1.54, 1.807) is 26.3 Å². The number of carbonyl (C=O) groups is 1. The number of guanidine groups is 1. The van der Waals surface area contributed by atoms with E-state index >= 15 is 0 Å². The third-order valence-electron chi connectivity index (χ3n) is 4.60. The van der Waals surface area contributed by atoms with Crippen LogP contribution in [0.5, 0.6) is 0 Å². The summed E-state index contributed by atoms with van der Waals surface area (Å²) in [6.45, 7) is 3.82. The van der Waals surface area contributed by atoms with Gasteiger partial charge in [-0.1, -0.05) is 19.1 Å². The zero-order valence-corrected chi connectivity index (χ0v) is 17.9. The van der Waals surface area contributed by atoms with E-state index in [0.717, 1.165) is 12.1 Å². The maximum Gasteiger partial charge on any atom is 0.310 e. The van der Waals surface area contributed by atoms with Gasteiger partial charge >= 0.3 is 5.97 Å². The Balaban J connectivity index is 0.00000338. The fraction of sp³-hybridized carbons (Fsp3) is 0.556. The number of likely N-dealkylation sites (tertiary alicyclic amines) is 1. The first-order valence-electron chi connectivity index (χ1n) is 8.31. The number of halogens is 2. The highest BCUT2D eigenvalue weighted by Gasteiger charge is 2.36. The van der Waals surface area contributed by atoms with Gasteiger partial charge in [-0.2, -0.15) is 0 Å². The summed E-state index contributed by atoms with van der Waals surface area (Å²) in [6.07, 6.45) is -0.228. The first-order chi connectivity index (χ1) is 12.0. The van der Waals surface area contributed by atoms with Gasteiger partial charge in [-0.05, 0) is 23.6 Å². The predicted molar refractivity (Wildman–Crippen MR) is 109 cm³/mol. The monoisotopic (exact) mass is 479 g/mol. The molecule has 0 bridgehead atoms. The molecule has 1 N–H and O–H groups in total. The molecule has 146 valence electrons. The molecule has 6 nitrogen and oxygen atoms in total. The largest absolute Gasteiger partial charge is 0.469 e. The molecular formula is C18H27FIN3O3. The van der Waals surface area contributed by atoms with E-state index in [-0.39, 0.29) is 53.7 Å². The molecular weight excluding hydrogens is 452 g/mol. The van der Waals surface area contributed by atoms with Crippen LogP contribution in [0.2, 0.25) is 0 Å². The minimum Gasteiger partial charge on any atom is -0.469 e. The van der Waals surface area contributed by atoms with Gasteiger partial charge in [0, 0.05) is 33.8 Å². The van der Waals surface area contributed by atoms with Crippen molar-refractivity contribution in [2.24, 2.45) is 16.8 Å². The molecule has 0 spiro atoms. The van der Waals surface area contributed by atoms with Crippen molar-refractivity contribution in [1.29, 1.82) is 0 Å². The number of ether oxygens (including phenoxy) is 2. The minimum absolute atomic E-state index is 0. The Bertz CT molecular complexity index is 612. The van der Waals surface area contributed by atoms with E-state index in [1.807, 2.05) is 11.8 Å². The second kappa shape index (κ2) is 10.7. The number of aliphatic imine (C=N–C) groups is 1. The Morgan fingerprint density at radius 3 is 2.54 bits per heavy atom. The van der Waals surface area contributed by atoms with Crippen LogP contribution in [0.4, 0.5) is 4.39 Å². The number of methoxy groups -OCH3 is 2. The molecule has 1 fully saturated rings. The molecule has 0 aliphatic carbocycles. The molecule has 3 atom stereocenters. The number of esters is 1. The second-order valence-corrected chi connectivity index (χ2v) is 6.22. The van der Waals surface area contributed by atoms with Crippen LogP contribution >= 0.6 is 24.0 Å². The highest BCUT2D eigenvalue weighted by molar-refractivity contribution is 14.0. The van der Waals surface area contributed by atoms with E-state index in [1.165, 1.54) is 19.2 Å². The van der Waals surface area contributed by atoms with E-state index in [4.69, 9.17) is 9.47 Å². The number of rotatable bonds is 5. The number of hydrogen-bond acceptors (Lipinski definition) is 4. The molecule has 0 aromatic heterocycles. The van der Waals surface area contributed by atoms with Crippen LogP contribution in [-0.2, 0) is 14.3 Å². The number of carbonyl (C=O) groups excluding carboxylic acids is 1. The summed E-state index contributed by atoms with van der Waals surface area (Å²) >= 11 is 0. The van der Waals surface area contributed by atoms with E-state index in [0.29, 0.717) is 19.0 Å². The second-order valence-electron chi connectivity index (χ2n) is 6.22. The van der Waals surface area contributed by atoms with Crippen molar-refractivity contribution in [1.82, 2.24) is 10.2 Å². The van der Waals surface area contributed by atoms with Crippen molar-refractivity contribution in [2.45, 2.75) is 13.0 Å². The highest BCUT2D eigenvalue weighted by Crippen LogP contribution is 2.24. The molecule has 3 unspecified atom stereocenters. The maximum atomic E-state index is 13.1. The summed E-state index contributed by atoms with van der Waals surface area (Å²) in [4.78, 5) is 18.2. The zero-order chi connectivity index (χ0) is 18.4. The van der Waals surface area contributed by atoms with E-state index < -0.39 is 0 Å². The number of nitrogens with one attached hydrogen (secondary N) is 1. The summed E-state index contributed by atoms with van der Waals surface area (Å²) in [7, 11) is 4.73. The van der Waals surface area contributed by atoms with Gasteiger partial charge in [-0.3, -0.25) is 9.79 Å². The smallest absolute Gasteiger partial charge is 0.310 e. The van der Waals surface area contributed by atoms with Crippen LogP contribution in [0.1, 0.15) is 18.6 Å². The minimum atomic E-state index is -0.276. The van der Waals surface area contributed by atoms with Gasteiger partial charge in [0.15, 0.2) is 5.96 Å². The van der Waals surface area contributed by atoms with Gasteiger partial charge < -0.3 is 19.7 Å².